The number of phenols is 1. The number of carbonyl (C=O) groups is 1. The lowest BCUT2D eigenvalue weighted by molar-refractivity contribution is -0.191. The van der Waals surface area contributed by atoms with E-state index >= 15 is 0 Å². The van der Waals surface area contributed by atoms with E-state index in [-0.39, 0.29) is 29.4 Å². The Morgan fingerprint density at radius 2 is 2.14 bits per heavy atom. The molecule has 3 N–H and O–H groups in total. The van der Waals surface area contributed by atoms with Crippen LogP contribution in [0.3, 0.4) is 0 Å². The van der Waals surface area contributed by atoms with Crippen LogP contribution in [0.1, 0.15) is 59.3 Å². The summed E-state index contributed by atoms with van der Waals surface area (Å²) in [6.45, 7) is 1.90. The van der Waals surface area contributed by atoms with Gasteiger partial charge in [0, 0.05) is 29.9 Å². The van der Waals surface area contributed by atoms with E-state index in [9.17, 15) is 15.0 Å². The predicted octanol–water partition coefficient (Wildman–Crippen LogP) is 2.02. The minimum atomic E-state index is -0.983. The second-order valence-electron chi connectivity index (χ2n) is 11.0. The standard InChI is InChI=1S/C27H28N4O4/c28-13-18-11-17(6-9-29-18)25(33)30-19-5-7-27(34)21-12-16-3-4-20(32)23-22(16)26(27,24(19)35-23)8-10-31(21)14-15-1-2-15/h3-4,6,9,11,15,19,21,24,32,34H,1-2,5,7-8,10,12,14H2,(H,30,33)/t19-,21?,24+,26+,27?/m1/s1. The van der Waals surface area contributed by atoms with E-state index in [1.54, 1.807) is 12.1 Å². The van der Waals surface area contributed by atoms with Gasteiger partial charge < -0.3 is 20.3 Å². The molecule has 5 aliphatic rings. The highest BCUT2D eigenvalue weighted by Gasteiger charge is 2.73. The van der Waals surface area contributed by atoms with Crippen LogP contribution in [0.5, 0.6) is 11.5 Å². The molecule has 35 heavy (non-hydrogen) atoms. The Morgan fingerprint density at radius 3 is 2.94 bits per heavy atom. The highest BCUT2D eigenvalue weighted by molar-refractivity contribution is 5.94. The average molecular weight is 473 g/mol. The van der Waals surface area contributed by atoms with Gasteiger partial charge in [-0.15, -0.1) is 0 Å². The van der Waals surface area contributed by atoms with Crippen LogP contribution in [0.4, 0.5) is 0 Å². The second-order valence-corrected chi connectivity index (χ2v) is 11.0. The lowest BCUT2D eigenvalue weighted by atomic mass is 9.48. The number of aliphatic hydroxyl groups is 1. The molecule has 0 radical (unpaired) electrons. The van der Waals surface area contributed by atoms with Gasteiger partial charge in [-0.1, -0.05) is 6.07 Å². The zero-order chi connectivity index (χ0) is 23.9. The molecule has 8 nitrogen and oxygen atoms in total. The maximum absolute atomic E-state index is 13.2. The Balaban J connectivity index is 1.28. The molecule has 2 unspecified atom stereocenters. The molecule has 1 saturated heterocycles. The van der Waals surface area contributed by atoms with Crippen LogP contribution >= 0.6 is 0 Å². The topological polar surface area (TPSA) is 119 Å². The molecule has 1 amide bonds. The van der Waals surface area contributed by atoms with Crippen molar-refractivity contribution in [3.05, 3.63) is 52.8 Å². The number of nitrogens with zero attached hydrogens (tertiary/aromatic N) is 3. The summed E-state index contributed by atoms with van der Waals surface area (Å²) in [7, 11) is 0. The number of ether oxygens (including phenoxy) is 1. The van der Waals surface area contributed by atoms with Gasteiger partial charge in [-0.3, -0.25) is 9.69 Å². The number of likely N-dealkylation sites (tertiary alicyclic amines) is 1. The Morgan fingerprint density at radius 1 is 1.29 bits per heavy atom. The lowest BCUT2D eigenvalue weighted by Crippen LogP contribution is -2.78. The molecule has 2 saturated carbocycles. The summed E-state index contributed by atoms with van der Waals surface area (Å²) in [4.78, 5) is 19.6. The number of benzene rings is 1. The van der Waals surface area contributed by atoms with E-state index < -0.39 is 17.1 Å². The van der Waals surface area contributed by atoms with Crippen LogP contribution in [0.15, 0.2) is 30.5 Å². The molecule has 1 spiro atoms. The number of rotatable bonds is 4. The summed E-state index contributed by atoms with van der Waals surface area (Å²) >= 11 is 0. The van der Waals surface area contributed by atoms with Crippen molar-refractivity contribution in [2.45, 2.75) is 67.7 Å². The lowest BCUT2D eigenvalue weighted by Gasteiger charge is -2.64. The van der Waals surface area contributed by atoms with E-state index in [2.05, 4.69) is 15.2 Å². The number of hydrogen-bond acceptors (Lipinski definition) is 7. The van der Waals surface area contributed by atoms with Gasteiger partial charge >= 0.3 is 0 Å². The molecule has 2 aromatic rings. The fraction of sp³-hybridized carbons (Fsp3) is 0.519. The first-order chi connectivity index (χ1) is 16.9. The smallest absolute Gasteiger partial charge is 0.251 e. The van der Waals surface area contributed by atoms with Crippen LogP contribution in [-0.4, -0.2) is 62.9 Å². The second kappa shape index (κ2) is 7.19. The summed E-state index contributed by atoms with van der Waals surface area (Å²) < 4.78 is 6.49. The van der Waals surface area contributed by atoms with Gasteiger partial charge in [0.15, 0.2) is 11.5 Å². The van der Waals surface area contributed by atoms with Gasteiger partial charge in [0.2, 0.25) is 0 Å². The molecule has 3 fully saturated rings. The quantitative estimate of drug-likeness (QED) is 0.623. The fourth-order valence-corrected chi connectivity index (χ4v) is 7.51. The van der Waals surface area contributed by atoms with E-state index in [1.165, 1.54) is 25.1 Å². The SMILES string of the molecule is N#Cc1cc(C(=O)N[C@@H]2CCC3(O)C4Cc5ccc(O)c6c5[C@@]3(CCN4CC3CC3)[C@H]2O6)ccn1. The number of aromatic nitrogens is 1. The first-order valence-electron chi connectivity index (χ1n) is 12.6. The Bertz CT molecular complexity index is 1290. The van der Waals surface area contributed by atoms with Crippen molar-refractivity contribution in [2.75, 3.05) is 13.1 Å². The van der Waals surface area contributed by atoms with Crippen molar-refractivity contribution >= 4 is 5.91 Å². The normalized spacial score (nSPS) is 34.5. The molecule has 1 aromatic carbocycles. The van der Waals surface area contributed by atoms with E-state index in [1.807, 2.05) is 12.1 Å². The number of carbonyl (C=O) groups excluding carboxylic acids is 1. The highest BCUT2D eigenvalue weighted by atomic mass is 16.5. The molecule has 8 heteroatoms. The minimum Gasteiger partial charge on any atom is -0.504 e. The number of aromatic hydroxyl groups is 1. The molecular formula is C27H28N4O4. The third-order valence-corrected chi connectivity index (χ3v) is 9.22. The average Bonchev–Trinajstić information content (AvgIpc) is 3.61. The number of pyridine rings is 1. The van der Waals surface area contributed by atoms with Gasteiger partial charge in [-0.2, -0.15) is 5.26 Å². The zero-order valence-electron chi connectivity index (χ0n) is 19.4. The highest BCUT2D eigenvalue weighted by Crippen LogP contribution is 2.65. The van der Waals surface area contributed by atoms with E-state index in [0.29, 0.717) is 24.2 Å². The molecule has 1 aromatic heterocycles. The van der Waals surface area contributed by atoms with Gasteiger partial charge in [-0.25, -0.2) is 4.98 Å². The number of nitriles is 1. The van der Waals surface area contributed by atoms with Gasteiger partial charge in [0.1, 0.15) is 17.9 Å². The molecule has 3 heterocycles. The number of hydrogen-bond donors (Lipinski definition) is 3. The molecule has 2 aliphatic heterocycles. The maximum atomic E-state index is 13.2. The van der Waals surface area contributed by atoms with Crippen molar-refractivity contribution in [3.8, 4) is 17.6 Å². The first kappa shape index (κ1) is 21.2. The Labute approximate surface area is 203 Å². The molecule has 5 atom stereocenters. The van der Waals surface area contributed by atoms with Crippen molar-refractivity contribution in [1.82, 2.24) is 15.2 Å². The summed E-state index contributed by atoms with van der Waals surface area (Å²) in [5, 5.41) is 35.5. The summed E-state index contributed by atoms with van der Waals surface area (Å²) in [5.74, 6) is 0.996. The summed E-state index contributed by atoms with van der Waals surface area (Å²) in [6, 6.07) is 8.39. The fourth-order valence-electron chi connectivity index (χ4n) is 7.51. The van der Waals surface area contributed by atoms with Crippen molar-refractivity contribution in [3.63, 3.8) is 0 Å². The van der Waals surface area contributed by atoms with E-state index in [4.69, 9.17) is 10.00 Å². The third-order valence-electron chi connectivity index (χ3n) is 9.22. The molecule has 2 bridgehead atoms. The van der Waals surface area contributed by atoms with Gasteiger partial charge in [-0.05, 0) is 74.8 Å². The molecule has 3 aliphatic carbocycles. The van der Waals surface area contributed by atoms with Crippen molar-refractivity contribution < 1.29 is 19.7 Å². The minimum absolute atomic E-state index is 0.000906. The van der Waals surface area contributed by atoms with Crippen LogP contribution < -0.4 is 10.1 Å². The molecule has 7 rings (SSSR count). The Kier molecular flexibility index (Phi) is 4.34. The van der Waals surface area contributed by atoms with Gasteiger partial charge in [0.05, 0.1) is 17.1 Å². The number of phenolic OH excluding ortho intramolecular Hbond substituents is 1. The van der Waals surface area contributed by atoms with Crippen LogP contribution in [0.2, 0.25) is 0 Å². The number of nitrogens with one attached hydrogen (secondary N) is 1. The Hall–Kier alpha value is -3.15. The third kappa shape index (κ3) is 2.79. The largest absolute Gasteiger partial charge is 0.504 e. The van der Waals surface area contributed by atoms with E-state index in [0.717, 1.165) is 43.0 Å². The predicted molar refractivity (Wildman–Crippen MR) is 125 cm³/mol. The first-order valence-corrected chi connectivity index (χ1v) is 12.6. The summed E-state index contributed by atoms with van der Waals surface area (Å²) in [6.07, 6.45) is 6.11. The molecular weight excluding hydrogens is 444 g/mol. The monoisotopic (exact) mass is 472 g/mol. The molecule has 180 valence electrons. The van der Waals surface area contributed by atoms with Gasteiger partial charge in [0.25, 0.3) is 5.91 Å². The van der Waals surface area contributed by atoms with Crippen LogP contribution in [0, 0.1) is 17.2 Å². The van der Waals surface area contributed by atoms with Crippen LogP contribution in [0.25, 0.3) is 0 Å². The number of piperidine rings is 1. The van der Waals surface area contributed by atoms with Crippen molar-refractivity contribution in [2.24, 2.45) is 5.92 Å². The maximum Gasteiger partial charge on any atom is 0.251 e. The zero-order valence-corrected chi connectivity index (χ0v) is 19.4. The number of amides is 1. The van der Waals surface area contributed by atoms with Crippen molar-refractivity contribution in [1.29, 1.82) is 5.26 Å². The van der Waals surface area contributed by atoms with Crippen LogP contribution in [-0.2, 0) is 11.8 Å². The summed E-state index contributed by atoms with van der Waals surface area (Å²) in [5.41, 5.74) is 0.979.